The summed E-state index contributed by atoms with van der Waals surface area (Å²) in [6.45, 7) is 5.39. The van der Waals surface area contributed by atoms with Crippen molar-refractivity contribution in [1.29, 1.82) is 0 Å². The molecule has 1 saturated carbocycles. The van der Waals surface area contributed by atoms with Gasteiger partial charge in [0.05, 0.1) is 27.4 Å². The lowest BCUT2D eigenvalue weighted by atomic mass is 9.57. The highest BCUT2D eigenvalue weighted by molar-refractivity contribution is 5.63. The van der Waals surface area contributed by atoms with Gasteiger partial charge in [-0.1, -0.05) is 13.8 Å². The van der Waals surface area contributed by atoms with E-state index in [9.17, 15) is 0 Å². The van der Waals surface area contributed by atoms with Crippen molar-refractivity contribution in [3.05, 3.63) is 12.1 Å². The molecular formula is C17H25NO4. The van der Waals surface area contributed by atoms with Gasteiger partial charge in [0.2, 0.25) is 5.75 Å². The van der Waals surface area contributed by atoms with Crippen LogP contribution in [0.2, 0.25) is 0 Å². The third-order valence-electron chi connectivity index (χ3n) is 5.09. The van der Waals surface area contributed by atoms with Crippen molar-refractivity contribution in [2.75, 3.05) is 33.3 Å². The van der Waals surface area contributed by atoms with Crippen molar-refractivity contribution in [3.63, 3.8) is 0 Å². The second-order valence-corrected chi connectivity index (χ2v) is 6.60. The molecule has 0 spiro atoms. The molecule has 1 N–H and O–H groups in total. The fourth-order valence-corrected chi connectivity index (χ4v) is 3.96. The Morgan fingerprint density at radius 3 is 2.27 bits per heavy atom. The SMILES string of the molecule is COc1cc(NC2C3CCOC3C2(C)C)cc(OC)c1OC. The van der Waals surface area contributed by atoms with Crippen molar-refractivity contribution in [1.82, 2.24) is 0 Å². The fraction of sp³-hybridized carbons (Fsp3) is 0.647. The topological polar surface area (TPSA) is 49.0 Å². The lowest BCUT2D eigenvalue weighted by Crippen LogP contribution is -2.63. The Morgan fingerprint density at radius 1 is 1.09 bits per heavy atom. The van der Waals surface area contributed by atoms with Gasteiger partial charge >= 0.3 is 0 Å². The molecule has 1 aliphatic heterocycles. The first kappa shape index (κ1) is 15.3. The van der Waals surface area contributed by atoms with E-state index in [-0.39, 0.29) is 5.41 Å². The first-order valence-corrected chi connectivity index (χ1v) is 7.71. The Labute approximate surface area is 131 Å². The standard InChI is InChI=1S/C17H25NO4/c1-17(2)15(11-6-7-22-16(11)17)18-10-8-12(19-3)14(21-5)13(9-10)20-4/h8-9,11,15-16,18H,6-7H2,1-5H3. The van der Waals surface area contributed by atoms with Gasteiger partial charge in [0, 0.05) is 41.8 Å². The molecule has 0 aromatic heterocycles. The van der Waals surface area contributed by atoms with Gasteiger partial charge in [0.1, 0.15) is 0 Å². The molecule has 5 heteroatoms. The molecule has 1 heterocycles. The maximum absolute atomic E-state index is 5.85. The van der Waals surface area contributed by atoms with Crippen LogP contribution in [0.3, 0.4) is 0 Å². The number of hydrogen-bond donors (Lipinski definition) is 1. The molecule has 1 aliphatic carbocycles. The lowest BCUT2D eigenvalue weighted by molar-refractivity contribution is -0.0923. The molecular weight excluding hydrogens is 282 g/mol. The van der Waals surface area contributed by atoms with E-state index >= 15 is 0 Å². The van der Waals surface area contributed by atoms with Crippen molar-refractivity contribution < 1.29 is 18.9 Å². The maximum Gasteiger partial charge on any atom is 0.203 e. The van der Waals surface area contributed by atoms with E-state index in [4.69, 9.17) is 18.9 Å². The van der Waals surface area contributed by atoms with Gasteiger partial charge in [-0.3, -0.25) is 0 Å². The van der Waals surface area contributed by atoms with E-state index in [1.54, 1.807) is 21.3 Å². The predicted molar refractivity (Wildman–Crippen MR) is 85.1 cm³/mol. The van der Waals surface area contributed by atoms with Gasteiger partial charge in [-0.25, -0.2) is 0 Å². The van der Waals surface area contributed by atoms with Gasteiger partial charge < -0.3 is 24.3 Å². The van der Waals surface area contributed by atoms with Gasteiger partial charge in [0.25, 0.3) is 0 Å². The number of rotatable bonds is 5. The molecule has 5 nitrogen and oxygen atoms in total. The zero-order chi connectivity index (χ0) is 15.9. The summed E-state index contributed by atoms with van der Waals surface area (Å²) >= 11 is 0. The van der Waals surface area contributed by atoms with E-state index in [1.165, 1.54) is 0 Å². The van der Waals surface area contributed by atoms with E-state index < -0.39 is 0 Å². The second kappa shape index (κ2) is 5.54. The molecule has 2 fully saturated rings. The van der Waals surface area contributed by atoms with Crippen LogP contribution in [-0.2, 0) is 4.74 Å². The van der Waals surface area contributed by atoms with Crippen molar-refractivity contribution in [2.45, 2.75) is 32.4 Å². The van der Waals surface area contributed by atoms with Gasteiger partial charge in [-0.05, 0) is 6.42 Å². The predicted octanol–water partition coefficient (Wildman–Crippen LogP) is 2.94. The number of hydrogen-bond acceptors (Lipinski definition) is 5. The maximum atomic E-state index is 5.85. The molecule has 1 aromatic carbocycles. The van der Waals surface area contributed by atoms with Crippen molar-refractivity contribution >= 4 is 5.69 Å². The first-order valence-electron chi connectivity index (χ1n) is 7.71. The normalized spacial score (nSPS) is 28.5. The second-order valence-electron chi connectivity index (χ2n) is 6.60. The number of benzene rings is 1. The minimum absolute atomic E-state index is 0.127. The summed E-state index contributed by atoms with van der Waals surface area (Å²) in [4.78, 5) is 0. The third kappa shape index (κ3) is 2.19. The van der Waals surface area contributed by atoms with Gasteiger partial charge in [0.15, 0.2) is 11.5 Å². The van der Waals surface area contributed by atoms with Gasteiger partial charge in [-0.15, -0.1) is 0 Å². The van der Waals surface area contributed by atoms with Crippen LogP contribution in [0.5, 0.6) is 17.2 Å². The molecule has 2 aliphatic rings. The Kier molecular flexibility index (Phi) is 3.85. The minimum Gasteiger partial charge on any atom is -0.493 e. The summed E-state index contributed by atoms with van der Waals surface area (Å²) in [6.07, 6.45) is 1.49. The zero-order valence-corrected chi connectivity index (χ0v) is 13.9. The average molecular weight is 307 g/mol. The van der Waals surface area contributed by atoms with Crippen molar-refractivity contribution in [3.8, 4) is 17.2 Å². The van der Waals surface area contributed by atoms with Gasteiger partial charge in [-0.2, -0.15) is 0 Å². The molecule has 3 unspecified atom stereocenters. The number of ether oxygens (including phenoxy) is 4. The monoisotopic (exact) mass is 307 g/mol. The Bertz CT molecular complexity index is 533. The summed E-state index contributed by atoms with van der Waals surface area (Å²) < 4.78 is 22.1. The highest BCUT2D eigenvalue weighted by Crippen LogP contribution is 2.53. The summed E-state index contributed by atoms with van der Waals surface area (Å²) in [5.74, 6) is 2.53. The first-order chi connectivity index (χ1) is 10.5. The fourth-order valence-electron chi connectivity index (χ4n) is 3.96. The van der Waals surface area contributed by atoms with Crippen molar-refractivity contribution in [2.24, 2.45) is 11.3 Å². The average Bonchev–Trinajstić information content (AvgIpc) is 2.98. The molecule has 0 radical (unpaired) electrons. The van der Waals surface area contributed by atoms with Crippen LogP contribution >= 0.6 is 0 Å². The van der Waals surface area contributed by atoms with Crippen LogP contribution in [0.1, 0.15) is 20.3 Å². The Morgan fingerprint density at radius 2 is 1.73 bits per heavy atom. The molecule has 0 bridgehead atoms. The molecule has 1 saturated heterocycles. The molecule has 1 aromatic rings. The number of anilines is 1. The van der Waals surface area contributed by atoms with Crippen LogP contribution in [0.25, 0.3) is 0 Å². The van der Waals surface area contributed by atoms with Crippen LogP contribution in [0.4, 0.5) is 5.69 Å². The summed E-state index contributed by atoms with van der Waals surface area (Å²) in [6, 6.07) is 4.31. The summed E-state index contributed by atoms with van der Waals surface area (Å²) in [7, 11) is 4.88. The van der Waals surface area contributed by atoms with E-state index in [2.05, 4.69) is 19.2 Å². The zero-order valence-electron chi connectivity index (χ0n) is 13.9. The highest BCUT2D eigenvalue weighted by Gasteiger charge is 2.59. The smallest absolute Gasteiger partial charge is 0.203 e. The van der Waals surface area contributed by atoms with Crippen LogP contribution < -0.4 is 19.5 Å². The quantitative estimate of drug-likeness (QED) is 0.906. The molecule has 0 amide bonds. The lowest BCUT2D eigenvalue weighted by Gasteiger charge is -2.55. The summed E-state index contributed by atoms with van der Waals surface area (Å²) in [5.41, 5.74) is 1.11. The number of fused-ring (bicyclic) bond motifs is 1. The van der Waals surface area contributed by atoms with E-state index in [1.807, 2.05) is 12.1 Å². The number of methoxy groups -OCH3 is 3. The minimum atomic E-state index is 0.127. The van der Waals surface area contributed by atoms with Crippen LogP contribution in [0, 0.1) is 11.3 Å². The Balaban J connectivity index is 1.86. The summed E-state index contributed by atoms with van der Waals surface area (Å²) in [5, 5.41) is 3.65. The molecule has 3 atom stereocenters. The van der Waals surface area contributed by atoms with Crippen LogP contribution in [-0.4, -0.2) is 40.1 Å². The Hall–Kier alpha value is -1.62. The molecule has 122 valence electrons. The largest absolute Gasteiger partial charge is 0.493 e. The van der Waals surface area contributed by atoms with E-state index in [0.717, 1.165) is 18.7 Å². The molecule has 3 rings (SSSR count). The molecule has 22 heavy (non-hydrogen) atoms. The number of nitrogens with one attached hydrogen (secondary N) is 1. The third-order valence-corrected chi connectivity index (χ3v) is 5.09. The van der Waals surface area contributed by atoms with E-state index in [0.29, 0.717) is 35.3 Å². The van der Waals surface area contributed by atoms with Crippen LogP contribution in [0.15, 0.2) is 12.1 Å². The highest BCUT2D eigenvalue weighted by atomic mass is 16.5.